The molecule has 0 fully saturated rings. The number of aliphatic hydroxyl groups excluding tert-OH is 1. The van der Waals surface area contributed by atoms with Crippen LogP contribution >= 0.6 is 0 Å². The summed E-state index contributed by atoms with van der Waals surface area (Å²) >= 11 is 0. The Morgan fingerprint density at radius 2 is 2.12 bits per heavy atom. The Bertz CT molecular complexity index is 601. The highest BCUT2D eigenvalue weighted by molar-refractivity contribution is 6.38. The molecule has 0 bridgehead atoms. The monoisotopic (exact) mass is 333 g/mol. The number of hydrogen-bond acceptors (Lipinski definition) is 6. The van der Waals surface area contributed by atoms with Crippen molar-refractivity contribution in [2.24, 2.45) is 5.10 Å². The maximum absolute atomic E-state index is 12.5. The van der Waals surface area contributed by atoms with E-state index in [1.165, 1.54) is 0 Å². The second-order valence-electron chi connectivity index (χ2n) is 5.60. The predicted octanol–water partition coefficient (Wildman–Crippen LogP) is 1.07. The van der Waals surface area contributed by atoms with E-state index in [0.717, 1.165) is 5.69 Å². The van der Waals surface area contributed by atoms with Crippen LogP contribution in [0.2, 0.25) is 0 Å². The van der Waals surface area contributed by atoms with Gasteiger partial charge in [-0.05, 0) is 32.4 Å². The fraction of sp³-hybridized carbons (Fsp3) is 0.471. The average molecular weight is 333 g/mol. The zero-order valence-electron chi connectivity index (χ0n) is 13.9. The first-order chi connectivity index (χ1) is 11.5. The highest BCUT2D eigenvalue weighted by Gasteiger charge is 2.36. The number of hydrogen-bond donors (Lipinski definition) is 2. The predicted molar refractivity (Wildman–Crippen MR) is 90.7 cm³/mol. The van der Waals surface area contributed by atoms with Crippen molar-refractivity contribution in [3.8, 4) is 0 Å². The van der Waals surface area contributed by atoms with E-state index >= 15 is 0 Å². The van der Waals surface area contributed by atoms with Crippen LogP contribution in [-0.2, 0) is 14.3 Å². The summed E-state index contributed by atoms with van der Waals surface area (Å²) < 4.78 is 4.99. The highest BCUT2D eigenvalue weighted by atomic mass is 16.5. The van der Waals surface area contributed by atoms with Gasteiger partial charge in [0.1, 0.15) is 11.8 Å². The first-order valence-electron chi connectivity index (χ1n) is 8.07. The molecule has 0 radical (unpaired) electrons. The number of carbonyl (C=O) groups is 2. The Morgan fingerprint density at radius 1 is 1.42 bits per heavy atom. The summed E-state index contributed by atoms with van der Waals surface area (Å²) in [4.78, 5) is 24.4. The Morgan fingerprint density at radius 3 is 2.75 bits per heavy atom. The molecule has 0 spiro atoms. The van der Waals surface area contributed by atoms with Crippen LogP contribution < -0.4 is 10.3 Å². The quantitative estimate of drug-likeness (QED) is 0.729. The van der Waals surface area contributed by atoms with Gasteiger partial charge in [-0.1, -0.05) is 18.2 Å². The van der Waals surface area contributed by atoms with Crippen LogP contribution in [0.3, 0.4) is 0 Å². The topological polar surface area (TPSA) is 91.2 Å². The van der Waals surface area contributed by atoms with Gasteiger partial charge in [-0.2, -0.15) is 5.10 Å². The van der Waals surface area contributed by atoms with E-state index in [0.29, 0.717) is 13.0 Å². The van der Waals surface area contributed by atoms with Crippen molar-refractivity contribution in [2.45, 2.75) is 38.8 Å². The number of benzene rings is 1. The third-order valence-corrected chi connectivity index (χ3v) is 3.61. The minimum Gasteiger partial charge on any atom is -0.461 e. The van der Waals surface area contributed by atoms with Crippen molar-refractivity contribution in [2.75, 3.05) is 18.2 Å². The normalized spacial score (nSPS) is 18.0. The molecule has 2 N–H and O–H groups in total. The summed E-state index contributed by atoms with van der Waals surface area (Å²) in [5.41, 5.74) is 0.962. The Labute approximate surface area is 141 Å². The number of anilines is 1. The molecular formula is C17H23N3O4. The maximum atomic E-state index is 12.5. The van der Waals surface area contributed by atoms with E-state index in [4.69, 9.17) is 4.74 Å². The number of nitrogens with one attached hydrogen (secondary N) is 1. The largest absolute Gasteiger partial charge is 0.461 e. The second-order valence-corrected chi connectivity index (χ2v) is 5.60. The lowest BCUT2D eigenvalue weighted by Crippen LogP contribution is -2.43. The fourth-order valence-electron chi connectivity index (χ4n) is 2.39. The van der Waals surface area contributed by atoms with Crippen molar-refractivity contribution in [1.29, 1.82) is 0 Å². The fourth-order valence-corrected chi connectivity index (χ4v) is 2.39. The van der Waals surface area contributed by atoms with Gasteiger partial charge in [-0.3, -0.25) is 9.80 Å². The molecule has 7 heteroatoms. The van der Waals surface area contributed by atoms with Gasteiger partial charge in [-0.15, -0.1) is 0 Å². The van der Waals surface area contributed by atoms with Crippen LogP contribution in [0.25, 0.3) is 0 Å². The summed E-state index contributed by atoms with van der Waals surface area (Å²) in [7, 11) is 0. The van der Waals surface area contributed by atoms with Crippen molar-refractivity contribution in [3.05, 3.63) is 30.3 Å². The third kappa shape index (κ3) is 4.55. The summed E-state index contributed by atoms with van der Waals surface area (Å²) in [6.45, 7) is 4.02. The molecule has 1 aliphatic rings. The first-order valence-corrected chi connectivity index (χ1v) is 8.07. The molecule has 2 atom stereocenters. The van der Waals surface area contributed by atoms with Crippen LogP contribution in [0.15, 0.2) is 35.4 Å². The molecule has 0 aliphatic carbocycles. The van der Waals surface area contributed by atoms with Crippen molar-refractivity contribution in [1.82, 2.24) is 5.32 Å². The van der Waals surface area contributed by atoms with Gasteiger partial charge in [-0.25, -0.2) is 4.79 Å². The van der Waals surface area contributed by atoms with Gasteiger partial charge in [0.15, 0.2) is 0 Å². The Balaban J connectivity index is 2.13. The number of ether oxygens (including phenoxy) is 1. The van der Waals surface area contributed by atoms with Crippen molar-refractivity contribution in [3.63, 3.8) is 0 Å². The minimum absolute atomic E-state index is 0.189. The van der Waals surface area contributed by atoms with Gasteiger partial charge in [0.2, 0.25) is 5.91 Å². The molecule has 7 nitrogen and oxygen atoms in total. The molecule has 0 unspecified atom stereocenters. The zero-order valence-corrected chi connectivity index (χ0v) is 13.9. The van der Waals surface area contributed by atoms with Crippen LogP contribution in [-0.4, -0.2) is 48.0 Å². The first kappa shape index (κ1) is 17.9. The molecule has 1 aromatic carbocycles. The lowest BCUT2D eigenvalue weighted by Gasteiger charge is -2.22. The van der Waals surface area contributed by atoms with Crippen LogP contribution in [0.5, 0.6) is 0 Å². The molecule has 1 heterocycles. The number of esters is 1. The molecule has 130 valence electrons. The third-order valence-electron chi connectivity index (χ3n) is 3.61. The molecule has 1 aliphatic heterocycles. The lowest BCUT2D eigenvalue weighted by molar-refractivity contribution is -0.135. The van der Waals surface area contributed by atoms with Crippen LogP contribution in [0, 0.1) is 0 Å². The molecule has 0 aromatic heterocycles. The number of amides is 1. The zero-order chi connectivity index (χ0) is 17.5. The Kier molecular flexibility index (Phi) is 6.31. The highest BCUT2D eigenvalue weighted by Crippen LogP contribution is 2.25. The molecule has 1 aromatic rings. The summed E-state index contributed by atoms with van der Waals surface area (Å²) in [5.74, 6) is -0.736. The number of aliphatic hydroxyl groups is 1. The van der Waals surface area contributed by atoms with E-state index in [2.05, 4.69) is 10.4 Å². The van der Waals surface area contributed by atoms with Gasteiger partial charge in [0.25, 0.3) is 0 Å². The van der Waals surface area contributed by atoms with Gasteiger partial charge >= 0.3 is 5.97 Å². The van der Waals surface area contributed by atoms with E-state index < -0.39 is 18.1 Å². The summed E-state index contributed by atoms with van der Waals surface area (Å²) in [6, 6.07) is 8.60. The van der Waals surface area contributed by atoms with Crippen LogP contribution in [0.1, 0.15) is 26.7 Å². The molecule has 0 saturated heterocycles. The molecular weight excluding hydrogens is 310 g/mol. The maximum Gasteiger partial charge on any atom is 0.354 e. The minimum atomic E-state index is -0.610. The van der Waals surface area contributed by atoms with Crippen molar-refractivity contribution >= 4 is 23.3 Å². The molecule has 2 rings (SSSR count). The van der Waals surface area contributed by atoms with Gasteiger partial charge < -0.3 is 15.2 Å². The number of carbonyl (C=O) groups excluding carboxylic acids is 2. The summed E-state index contributed by atoms with van der Waals surface area (Å²) in [5, 5.41) is 17.9. The van der Waals surface area contributed by atoms with E-state index in [1.54, 1.807) is 18.9 Å². The number of hydrazone groups is 1. The van der Waals surface area contributed by atoms with Gasteiger partial charge in [0.05, 0.1) is 18.4 Å². The standard InChI is InChI=1S/C17H23N3O4/c1-3-24-17(23)14-11-15(16(22)18-10-9-12(2)21)20(19-14)13-7-5-4-6-8-13/h4-8,12,15,21H,3,9-11H2,1-2H3,(H,18,22)/t12-,15+/m0/s1. The molecule has 1 amide bonds. The summed E-state index contributed by atoms with van der Waals surface area (Å²) in [6.07, 6.45) is 0.175. The molecule has 24 heavy (non-hydrogen) atoms. The van der Waals surface area contributed by atoms with Gasteiger partial charge in [0, 0.05) is 13.0 Å². The van der Waals surface area contributed by atoms with E-state index in [-0.39, 0.29) is 24.6 Å². The second kappa shape index (κ2) is 8.44. The SMILES string of the molecule is CCOC(=O)C1=NN(c2ccccc2)[C@@H](C(=O)NCC[C@H](C)O)C1. The van der Waals surface area contributed by atoms with Crippen molar-refractivity contribution < 1.29 is 19.4 Å². The van der Waals surface area contributed by atoms with E-state index in [1.807, 2.05) is 30.3 Å². The number of nitrogens with zero attached hydrogens (tertiary/aromatic N) is 2. The van der Waals surface area contributed by atoms with E-state index in [9.17, 15) is 14.7 Å². The molecule has 0 saturated carbocycles. The van der Waals surface area contributed by atoms with Crippen LogP contribution in [0.4, 0.5) is 5.69 Å². The Hall–Kier alpha value is -2.41. The number of para-hydroxylation sites is 1. The number of rotatable bonds is 7. The average Bonchev–Trinajstić information content (AvgIpc) is 3.01. The smallest absolute Gasteiger partial charge is 0.354 e. The lowest BCUT2D eigenvalue weighted by atomic mass is 10.1.